The Kier molecular flexibility index (Phi) is 8.16. The summed E-state index contributed by atoms with van der Waals surface area (Å²) in [6, 6.07) is 5.15. The molecular weight excluding hydrogens is 402 g/mol. The molecular formula is C23H32ClN3O3. The molecule has 1 N–H and O–H groups in total. The van der Waals surface area contributed by atoms with Crippen molar-refractivity contribution in [2.45, 2.75) is 38.2 Å². The number of likely N-dealkylation sites (N-methyl/N-ethyl adjacent to an activating group) is 1. The fourth-order valence-corrected chi connectivity index (χ4v) is 4.11. The van der Waals surface area contributed by atoms with E-state index >= 15 is 0 Å². The maximum absolute atomic E-state index is 12.7. The van der Waals surface area contributed by atoms with Gasteiger partial charge in [0.05, 0.1) is 5.02 Å². The minimum Gasteiger partial charge on any atom is -0.489 e. The van der Waals surface area contributed by atoms with E-state index in [1.807, 2.05) is 23.9 Å². The second-order valence-corrected chi connectivity index (χ2v) is 8.74. The lowest BCUT2D eigenvalue weighted by atomic mass is 9.92. The molecule has 0 bridgehead atoms. The number of nitrogens with zero attached hydrogens (tertiary/aromatic N) is 2. The summed E-state index contributed by atoms with van der Waals surface area (Å²) in [6.45, 7) is 2.79. The van der Waals surface area contributed by atoms with E-state index in [1.54, 1.807) is 18.2 Å². The highest BCUT2D eigenvalue weighted by molar-refractivity contribution is 6.32. The standard InChI is InChI=1S/C23H32ClN3O3/c1-26(2)15-12-25-22(28)18-8-9-21(20(24)16-18)30-19-10-13-27(14-11-19)23(29)17-6-4-3-5-7-17/h3-4,8-9,16-17,19H,5-7,10-15H2,1-2H3,(H,25,28)/t17-/m0/s1. The lowest BCUT2D eigenvalue weighted by molar-refractivity contribution is -0.137. The van der Waals surface area contributed by atoms with Crippen LogP contribution in [-0.2, 0) is 4.79 Å². The molecule has 1 aromatic carbocycles. The van der Waals surface area contributed by atoms with Crippen LogP contribution in [0.2, 0.25) is 5.02 Å². The summed E-state index contributed by atoms with van der Waals surface area (Å²) in [5.74, 6) is 0.858. The van der Waals surface area contributed by atoms with E-state index < -0.39 is 0 Å². The zero-order chi connectivity index (χ0) is 21.5. The van der Waals surface area contributed by atoms with Crippen molar-refractivity contribution >= 4 is 23.4 Å². The van der Waals surface area contributed by atoms with Crippen LogP contribution in [0.3, 0.4) is 0 Å². The molecule has 1 aliphatic heterocycles. The Morgan fingerprint density at radius 3 is 2.60 bits per heavy atom. The van der Waals surface area contributed by atoms with Gasteiger partial charge in [-0.05, 0) is 51.6 Å². The Labute approximate surface area is 184 Å². The van der Waals surface area contributed by atoms with Crippen molar-refractivity contribution in [1.29, 1.82) is 0 Å². The number of amides is 2. The van der Waals surface area contributed by atoms with Crippen molar-refractivity contribution in [2.75, 3.05) is 40.3 Å². The minimum absolute atomic E-state index is 0.0255. The summed E-state index contributed by atoms with van der Waals surface area (Å²) in [7, 11) is 3.92. The van der Waals surface area contributed by atoms with Crippen molar-refractivity contribution in [3.05, 3.63) is 40.9 Å². The Bertz CT molecular complexity index is 773. The summed E-state index contributed by atoms with van der Waals surface area (Å²) in [6.07, 6.45) is 8.70. The zero-order valence-corrected chi connectivity index (χ0v) is 18.7. The molecule has 0 spiro atoms. The fourth-order valence-electron chi connectivity index (χ4n) is 3.88. The van der Waals surface area contributed by atoms with E-state index in [4.69, 9.17) is 16.3 Å². The molecule has 0 radical (unpaired) electrons. The van der Waals surface area contributed by atoms with Crippen molar-refractivity contribution < 1.29 is 14.3 Å². The quantitative estimate of drug-likeness (QED) is 0.670. The smallest absolute Gasteiger partial charge is 0.251 e. The number of ether oxygens (including phenoxy) is 1. The summed E-state index contributed by atoms with van der Waals surface area (Å²) >= 11 is 6.37. The maximum atomic E-state index is 12.7. The second-order valence-electron chi connectivity index (χ2n) is 8.33. The van der Waals surface area contributed by atoms with E-state index in [0.717, 1.165) is 38.6 Å². The highest BCUT2D eigenvalue weighted by Gasteiger charge is 2.29. The average Bonchev–Trinajstić information content (AvgIpc) is 2.75. The molecule has 7 heteroatoms. The van der Waals surface area contributed by atoms with Crippen LogP contribution in [0, 0.1) is 5.92 Å². The van der Waals surface area contributed by atoms with Gasteiger partial charge in [-0.15, -0.1) is 0 Å². The lowest BCUT2D eigenvalue weighted by Gasteiger charge is -2.34. The first-order valence-electron chi connectivity index (χ1n) is 10.8. The summed E-state index contributed by atoms with van der Waals surface area (Å²) in [4.78, 5) is 28.9. The number of nitrogens with one attached hydrogen (secondary N) is 1. The van der Waals surface area contributed by atoms with Gasteiger partial charge in [0.15, 0.2) is 0 Å². The van der Waals surface area contributed by atoms with Crippen LogP contribution < -0.4 is 10.1 Å². The Morgan fingerprint density at radius 1 is 1.20 bits per heavy atom. The van der Waals surface area contributed by atoms with Crippen molar-refractivity contribution in [1.82, 2.24) is 15.1 Å². The number of carbonyl (C=O) groups excluding carboxylic acids is 2. The SMILES string of the molecule is CN(C)CCNC(=O)c1ccc(OC2CCN(C(=O)[C@H]3CC=CCC3)CC2)c(Cl)c1. The number of benzene rings is 1. The second kappa shape index (κ2) is 10.8. The van der Waals surface area contributed by atoms with E-state index in [9.17, 15) is 9.59 Å². The molecule has 1 atom stereocenters. The number of rotatable bonds is 7. The summed E-state index contributed by atoms with van der Waals surface area (Å²) in [5, 5.41) is 3.31. The number of halogens is 1. The fraction of sp³-hybridized carbons (Fsp3) is 0.565. The number of hydrogen-bond acceptors (Lipinski definition) is 4. The molecule has 2 aliphatic rings. The molecule has 3 rings (SSSR count). The molecule has 0 saturated carbocycles. The first-order chi connectivity index (χ1) is 14.4. The monoisotopic (exact) mass is 433 g/mol. The third-order valence-corrected chi connectivity index (χ3v) is 6.00. The van der Waals surface area contributed by atoms with Gasteiger partial charge in [0.1, 0.15) is 11.9 Å². The number of likely N-dealkylation sites (tertiary alicyclic amines) is 1. The van der Waals surface area contributed by atoms with Crippen LogP contribution >= 0.6 is 11.6 Å². The third-order valence-electron chi connectivity index (χ3n) is 5.70. The van der Waals surface area contributed by atoms with E-state index in [-0.39, 0.29) is 23.8 Å². The summed E-state index contributed by atoms with van der Waals surface area (Å²) < 4.78 is 6.09. The molecule has 6 nitrogen and oxygen atoms in total. The van der Waals surface area contributed by atoms with Gasteiger partial charge in [0.2, 0.25) is 5.91 Å². The van der Waals surface area contributed by atoms with Crippen molar-refractivity contribution in [2.24, 2.45) is 5.92 Å². The summed E-state index contributed by atoms with van der Waals surface area (Å²) in [5.41, 5.74) is 0.521. The van der Waals surface area contributed by atoms with Gasteiger partial charge >= 0.3 is 0 Å². The van der Waals surface area contributed by atoms with Crippen LogP contribution in [0.15, 0.2) is 30.4 Å². The van der Waals surface area contributed by atoms with Gasteiger partial charge in [-0.2, -0.15) is 0 Å². The molecule has 0 aromatic heterocycles. The van der Waals surface area contributed by atoms with Gasteiger partial charge in [-0.1, -0.05) is 23.8 Å². The number of piperidine rings is 1. The van der Waals surface area contributed by atoms with Gasteiger partial charge in [-0.3, -0.25) is 9.59 Å². The van der Waals surface area contributed by atoms with Gasteiger partial charge < -0.3 is 19.9 Å². The zero-order valence-electron chi connectivity index (χ0n) is 17.9. The van der Waals surface area contributed by atoms with Gasteiger partial charge in [-0.25, -0.2) is 0 Å². The van der Waals surface area contributed by atoms with E-state index in [2.05, 4.69) is 17.5 Å². The van der Waals surface area contributed by atoms with E-state index in [1.165, 1.54) is 0 Å². The Morgan fingerprint density at radius 2 is 1.97 bits per heavy atom. The van der Waals surface area contributed by atoms with Gasteiger partial charge in [0.25, 0.3) is 5.91 Å². The predicted octanol–water partition coefficient (Wildman–Crippen LogP) is 3.36. The van der Waals surface area contributed by atoms with Crippen molar-refractivity contribution in [3.63, 3.8) is 0 Å². The van der Waals surface area contributed by atoms with Crippen LogP contribution in [0.4, 0.5) is 0 Å². The third kappa shape index (κ3) is 6.22. The molecule has 1 heterocycles. The molecule has 164 valence electrons. The average molecular weight is 434 g/mol. The maximum Gasteiger partial charge on any atom is 0.251 e. The Balaban J connectivity index is 1.48. The van der Waals surface area contributed by atoms with Crippen LogP contribution in [0.5, 0.6) is 5.75 Å². The molecule has 0 unspecified atom stereocenters. The molecule has 1 saturated heterocycles. The molecule has 2 amide bonds. The van der Waals surface area contributed by atoms with Crippen LogP contribution in [0.25, 0.3) is 0 Å². The molecule has 1 aliphatic carbocycles. The largest absolute Gasteiger partial charge is 0.489 e. The number of carbonyl (C=O) groups is 2. The normalized spacial score (nSPS) is 19.7. The predicted molar refractivity (Wildman–Crippen MR) is 119 cm³/mol. The highest BCUT2D eigenvalue weighted by Crippen LogP contribution is 2.29. The van der Waals surface area contributed by atoms with E-state index in [0.29, 0.717) is 36.0 Å². The topological polar surface area (TPSA) is 61.9 Å². The lowest BCUT2D eigenvalue weighted by Crippen LogP contribution is -2.44. The van der Waals surface area contributed by atoms with Gasteiger partial charge in [0, 0.05) is 50.5 Å². The first kappa shape index (κ1) is 22.6. The molecule has 1 fully saturated rings. The Hall–Kier alpha value is -2.05. The van der Waals surface area contributed by atoms with Crippen LogP contribution in [0.1, 0.15) is 42.5 Å². The highest BCUT2D eigenvalue weighted by atomic mass is 35.5. The first-order valence-corrected chi connectivity index (χ1v) is 11.1. The number of hydrogen-bond donors (Lipinski definition) is 1. The minimum atomic E-state index is -0.144. The molecule has 1 aromatic rings. The van der Waals surface area contributed by atoms with Crippen molar-refractivity contribution in [3.8, 4) is 5.75 Å². The number of allylic oxidation sites excluding steroid dienone is 2. The molecule has 30 heavy (non-hydrogen) atoms. The van der Waals surface area contributed by atoms with Crippen LogP contribution in [-0.4, -0.2) is 68.0 Å².